The Balaban J connectivity index is 1.52. The Kier molecular flexibility index (Phi) is 5.04. The van der Waals surface area contributed by atoms with Gasteiger partial charge in [-0.25, -0.2) is 0 Å². The third-order valence-corrected chi connectivity index (χ3v) is 4.63. The van der Waals surface area contributed by atoms with Crippen molar-refractivity contribution in [3.63, 3.8) is 0 Å². The number of piperazine rings is 1. The molecule has 0 aromatic heterocycles. The first kappa shape index (κ1) is 16.8. The summed E-state index contributed by atoms with van der Waals surface area (Å²) < 4.78 is 0. The number of nitrogens with zero attached hydrogens (tertiary/aromatic N) is 3. The average Bonchev–Trinajstić information content (AvgIpc) is 3.39. The molecule has 6 nitrogen and oxygen atoms in total. The standard InChI is InChI=1S/C18H26N4O2/c1-20(2)16-6-4-3-5-14(16)13-21-9-11-22(12-10-21)18(24)17(23)19-15-7-8-15/h3-6,15H,7-13H2,1-2H3,(H,19,23). The first-order valence-corrected chi connectivity index (χ1v) is 8.62. The van der Waals surface area contributed by atoms with Gasteiger partial charge in [0, 0.05) is 58.5 Å². The lowest BCUT2D eigenvalue weighted by Crippen LogP contribution is -2.52. The molecule has 0 unspecified atom stereocenters. The summed E-state index contributed by atoms with van der Waals surface area (Å²) in [5, 5.41) is 2.77. The number of carbonyl (C=O) groups is 2. The molecule has 1 aliphatic heterocycles. The van der Waals surface area contributed by atoms with Gasteiger partial charge in [-0.05, 0) is 24.5 Å². The summed E-state index contributed by atoms with van der Waals surface area (Å²) >= 11 is 0. The van der Waals surface area contributed by atoms with Gasteiger partial charge in [-0.2, -0.15) is 0 Å². The molecule has 1 aromatic carbocycles. The van der Waals surface area contributed by atoms with Crippen LogP contribution < -0.4 is 10.2 Å². The van der Waals surface area contributed by atoms with Crippen LogP contribution in [0.3, 0.4) is 0 Å². The number of benzene rings is 1. The molecule has 1 N–H and O–H groups in total. The predicted octanol–water partition coefficient (Wildman–Crippen LogP) is 0.675. The normalized spacial score (nSPS) is 18.3. The fourth-order valence-corrected chi connectivity index (χ4v) is 3.05. The third-order valence-electron chi connectivity index (χ3n) is 4.63. The smallest absolute Gasteiger partial charge is 0.311 e. The minimum Gasteiger partial charge on any atom is -0.377 e. The maximum Gasteiger partial charge on any atom is 0.311 e. The van der Waals surface area contributed by atoms with E-state index in [1.165, 1.54) is 11.3 Å². The summed E-state index contributed by atoms with van der Waals surface area (Å²) in [6.45, 7) is 3.68. The van der Waals surface area contributed by atoms with E-state index in [4.69, 9.17) is 0 Å². The van der Waals surface area contributed by atoms with Gasteiger partial charge in [-0.3, -0.25) is 14.5 Å². The minimum atomic E-state index is -0.441. The molecule has 0 radical (unpaired) electrons. The summed E-state index contributed by atoms with van der Waals surface area (Å²) in [4.78, 5) is 30.2. The second-order valence-corrected chi connectivity index (χ2v) is 6.84. The number of rotatable bonds is 4. The molecule has 1 aromatic rings. The van der Waals surface area contributed by atoms with Crippen molar-refractivity contribution < 1.29 is 9.59 Å². The van der Waals surface area contributed by atoms with Crippen LogP contribution in [0.5, 0.6) is 0 Å². The van der Waals surface area contributed by atoms with Crippen LogP contribution in [0.2, 0.25) is 0 Å². The largest absolute Gasteiger partial charge is 0.377 e. The number of nitrogens with one attached hydrogen (secondary N) is 1. The lowest BCUT2D eigenvalue weighted by atomic mass is 10.1. The average molecular weight is 330 g/mol. The lowest BCUT2D eigenvalue weighted by molar-refractivity contribution is -0.147. The van der Waals surface area contributed by atoms with E-state index in [-0.39, 0.29) is 11.9 Å². The highest BCUT2D eigenvalue weighted by atomic mass is 16.2. The molecule has 0 spiro atoms. The van der Waals surface area contributed by atoms with Crippen LogP contribution in [-0.2, 0) is 16.1 Å². The third kappa shape index (κ3) is 4.06. The fraction of sp³-hybridized carbons (Fsp3) is 0.556. The van der Waals surface area contributed by atoms with Crippen molar-refractivity contribution in [1.82, 2.24) is 15.1 Å². The molecule has 2 aliphatic rings. The van der Waals surface area contributed by atoms with Crippen LogP contribution in [0, 0.1) is 0 Å². The molecule has 1 saturated carbocycles. The summed E-state index contributed by atoms with van der Waals surface area (Å²) in [5.41, 5.74) is 2.51. The Morgan fingerprint density at radius 1 is 1.12 bits per heavy atom. The van der Waals surface area contributed by atoms with Crippen LogP contribution in [-0.4, -0.2) is 67.9 Å². The van der Waals surface area contributed by atoms with Crippen LogP contribution in [0.25, 0.3) is 0 Å². The van der Waals surface area contributed by atoms with Gasteiger partial charge >= 0.3 is 11.8 Å². The Morgan fingerprint density at radius 2 is 1.79 bits per heavy atom. The first-order valence-electron chi connectivity index (χ1n) is 8.62. The molecular weight excluding hydrogens is 304 g/mol. The van der Waals surface area contributed by atoms with Crippen LogP contribution >= 0.6 is 0 Å². The van der Waals surface area contributed by atoms with Crippen molar-refractivity contribution in [3.8, 4) is 0 Å². The van der Waals surface area contributed by atoms with Crippen LogP contribution in [0.1, 0.15) is 18.4 Å². The maximum atomic E-state index is 12.2. The summed E-state index contributed by atoms with van der Waals surface area (Å²) in [6, 6.07) is 8.61. The second kappa shape index (κ2) is 7.21. The van der Waals surface area contributed by atoms with Crippen molar-refractivity contribution in [1.29, 1.82) is 0 Å². The zero-order valence-corrected chi connectivity index (χ0v) is 14.5. The monoisotopic (exact) mass is 330 g/mol. The highest BCUT2D eigenvalue weighted by Gasteiger charge is 2.30. The Bertz CT molecular complexity index is 605. The van der Waals surface area contributed by atoms with Crippen molar-refractivity contribution in [2.75, 3.05) is 45.2 Å². The number of amides is 2. The Hall–Kier alpha value is -2.08. The zero-order valence-electron chi connectivity index (χ0n) is 14.5. The zero-order chi connectivity index (χ0) is 17.1. The lowest BCUT2D eigenvalue weighted by Gasteiger charge is -2.35. The van der Waals surface area contributed by atoms with Gasteiger partial charge in [0.2, 0.25) is 0 Å². The van der Waals surface area contributed by atoms with E-state index in [2.05, 4.69) is 33.3 Å². The molecule has 24 heavy (non-hydrogen) atoms. The van der Waals surface area contributed by atoms with E-state index in [0.717, 1.165) is 32.5 Å². The minimum absolute atomic E-state index is 0.227. The van der Waals surface area contributed by atoms with Crippen LogP contribution in [0.4, 0.5) is 5.69 Å². The molecule has 1 saturated heterocycles. The van der Waals surface area contributed by atoms with Gasteiger partial charge in [0.05, 0.1) is 0 Å². The van der Waals surface area contributed by atoms with E-state index in [9.17, 15) is 9.59 Å². The second-order valence-electron chi connectivity index (χ2n) is 6.84. The number of hydrogen-bond acceptors (Lipinski definition) is 4. The summed E-state index contributed by atoms with van der Waals surface area (Å²) in [7, 11) is 4.10. The number of anilines is 1. The van der Waals surface area contributed by atoms with Gasteiger partial charge in [0.15, 0.2) is 0 Å². The molecule has 1 heterocycles. The van der Waals surface area contributed by atoms with E-state index < -0.39 is 5.91 Å². The maximum absolute atomic E-state index is 12.2. The molecule has 3 rings (SSSR count). The van der Waals surface area contributed by atoms with Gasteiger partial charge in [-0.1, -0.05) is 18.2 Å². The van der Waals surface area contributed by atoms with E-state index in [1.54, 1.807) is 4.90 Å². The van der Waals surface area contributed by atoms with Gasteiger partial charge in [-0.15, -0.1) is 0 Å². The molecule has 2 fully saturated rings. The topological polar surface area (TPSA) is 55.9 Å². The van der Waals surface area contributed by atoms with Gasteiger partial charge in [0.25, 0.3) is 0 Å². The molecule has 0 bridgehead atoms. The Morgan fingerprint density at radius 3 is 2.42 bits per heavy atom. The molecule has 1 aliphatic carbocycles. The highest BCUT2D eigenvalue weighted by Crippen LogP contribution is 2.21. The van der Waals surface area contributed by atoms with Gasteiger partial charge in [0.1, 0.15) is 0 Å². The molecule has 6 heteroatoms. The van der Waals surface area contributed by atoms with Crippen molar-refractivity contribution in [3.05, 3.63) is 29.8 Å². The molecular formula is C18H26N4O2. The van der Waals surface area contributed by atoms with Crippen LogP contribution in [0.15, 0.2) is 24.3 Å². The van der Waals surface area contributed by atoms with Crippen molar-refractivity contribution >= 4 is 17.5 Å². The Labute approximate surface area is 143 Å². The SMILES string of the molecule is CN(C)c1ccccc1CN1CCN(C(=O)C(=O)NC2CC2)CC1. The quantitative estimate of drug-likeness (QED) is 0.825. The first-order chi connectivity index (χ1) is 11.5. The molecule has 2 amide bonds. The molecule has 130 valence electrons. The van der Waals surface area contributed by atoms with Gasteiger partial charge < -0.3 is 15.1 Å². The van der Waals surface area contributed by atoms with E-state index in [0.29, 0.717) is 13.1 Å². The number of carbonyl (C=O) groups excluding carboxylic acids is 2. The van der Waals surface area contributed by atoms with E-state index in [1.807, 2.05) is 20.2 Å². The predicted molar refractivity (Wildman–Crippen MR) is 93.8 cm³/mol. The number of para-hydroxylation sites is 1. The van der Waals surface area contributed by atoms with Crippen molar-refractivity contribution in [2.24, 2.45) is 0 Å². The summed E-state index contributed by atoms with van der Waals surface area (Å²) in [6.07, 6.45) is 2.00. The fourth-order valence-electron chi connectivity index (χ4n) is 3.05. The highest BCUT2D eigenvalue weighted by molar-refractivity contribution is 6.35. The van der Waals surface area contributed by atoms with Crippen molar-refractivity contribution in [2.45, 2.75) is 25.4 Å². The summed E-state index contributed by atoms with van der Waals surface area (Å²) in [5.74, 6) is -0.820. The number of hydrogen-bond donors (Lipinski definition) is 1. The molecule has 0 atom stereocenters. The van der Waals surface area contributed by atoms with E-state index >= 15 is 0 Å².